The van der Waals surface area contributed by atoms with Crippen LogP contribution in [0.2, 0.25) is 0 Å². The van der Waals surface area contributed by atoms with Gasteiger partial charge >= 0.3 is 6.03 Å². The first-order chi connectivity index (χ1) is 9.90. The first kappa shape index (κ1) is 15.4. The number of halogens is 2. The van der Waals surface area contributed by atoms with Gasteiger partial charge in [-0.05, 0) is 30.5 Å². The molecule has 112 valence electrons. The molecule has 1 atom stereocenters. The van der Waals surface area contributed by atoms with E-state index in [-0.39, 0.29) is 12.2 Å². The van der Waals surface area contributed by atoms with Crippen LogP contribution in [0.25, 0.3) is 0 Å². The van der Waals surface area contributed by atoms with Crippen LogP contribution in [0.1, 0.15) is 11.8 Å². The number of carbonyl (C=O) groups excluding carboxylic acids is 1. The summed E-state index contributed by atoms with van der Waals surface area (Å²) in [5.74, 6) is -2.17. The van der Waals surface area contributed by atoms with Crippen molar-refractivity contribution in [2.24, 2.45) is 0 Å². The topological polar surface area (TPSA) is 61.4 Å². The third-order valence-corrected chi connectivity index (χ3v) is 3.97. The molecule has 0 aliphatic heterocycles. The summed E-state index contributed by atoms with van der Waals surface area (Å²) in [4.78, 5) is 12.4. The van der Waals surface area contributed by atoms with E-state index in [9.17, 15) is 18.7 Å². The highest BCUT2D eigenvalue weighted by atomic mass is 32.1. The fourth-order valence-corrected chi connectivity index (χ4v) is 2.48. The maximum absolute atomic E-state index is 13.4. The molecule has 1 aromatic carbocycles. The van der Waals surface area contributed by atoms with Gasteiger partial charge in [0.2, 0.25) is 0 Å². The zero-order valence-corrected chi connectivity index (χ0v) is 12.0. The Labute approximate surface area is 124 Å². The lowest BCUT2D eigenvalue weighted by atomic mass is 10.1. The summed E-state index contributed by atoms with van der Waals surface area (Å²) in [6.07, 6.45) is 0. The molecule has 1 aromatic heterocycles. The lowest BCUT2D eigenvalue weighted by Gasteiger charge is -2.22. The summed E-state index contributed by atoms with van der Waals surface area (Å²) < 4.78 is 26.4. The van der Waals surface area contributed by atoms with E-state index in [1.807, 2.05) is 5.38 Å². The van der Waals surface area contributed by atoms with Gasteiger partial charge in [-0.25, -0.2) is 13.6 Å². The van der Waals surface area contributed by atoms with E-state index in [1.54, 1.807) is 19.1 Å². The molecular formula is C14H14F2N2O2S. The average Bonchev–Trinajstić information content (AvgIpc) is 2.97. The van der Waals surface area contributed by atoms with E-state index < -0.39 is 23.3 Å². The Morgan fingerprint density at radius 3 is 2.76 bits per heavy atom. The van der Waals surface area contributed by atoms with Gasteiger partial charge in [-0.2, -0.15) is 0 Å². The third kappa shape index (κ3) is 3.77. The van der Waals surface area contributed by atoms with E-state index in [4.69, 9.17) is 0 Å². The molecular weight excluding hydrogens is 298 g/mol. The van der Waals surface area contributed by atoms with Crippen molar-refractivity contribution >= 4 is 23.1 Å². The van der Waals surface area contributed by atoms with Gasteiger partial charge in [0.1, 0.15) is 5.60 Å². The largest absolute Gasteiger partial charge is 0.383 e. The predicted octanol–water partition coefficient (Wildman–Crippen LogP) is 3.06. The Morgan fingerprint density at radius 1 is 1.33 bits per heavy atom. The van der Waals surface area contributed by atoms with Gasteiger partial charge in [0.15, 0.2) is 11.6 Å². The lowest BCUT2D eigenvalue weighted by molar-refractivity contribution is 0.0637. The van der Waals surface area contributed by atoms with Gasteiger partial charge in [-0.1, -0.05) is 12.1 Å². The monoisotopic (exact) mass is 312 g/mol. The molecule has 0 fully saturated rings. The summed E-state index contributed by atoms with van der Waals surface area (Å²) in [7, 11) is 0. The SMILES string of the molecule is CC(O)(CNC(=O)Nc1cccc(F)c1F)c1cccs1. The third-order valence-electron chi connectivity index (χ3n) is 2.84. The zero-order valence-electron chi connectivity index (χ0n) is 11.2. The highest BCUT2D eigenvalue weighted by Crippen LogP contribution is 2.24. The molecule has 21 heavy (non-hydrogen) atoms. The Morgan fingerprint density at radius 2 is 2.10 bits per heavy atom. The van der Waals surface area contributed by atoms with Crippen molar-refractivity contribution in [2.75, 3.05) is 11.9 Å². The molecule has 1 unspecified atom stereocenters. The summed E-state index contributed by atoms with van der Waals surface area (Å²) >= 11 is 1.36. The predicted molar refractivity (Wildman–Crippen MR) is 77.3 cm³/mol. The van der Waals surface area contributed by atoms with Crippen LogP contribution >= 0.6 is 11.3 Å². The van der Waals surface area contributed by atoms with Crippen molar-refractivity contribution in [3.63, 3.8) is 0 Å². The summed E-state index contributed by atoms with van der Waals surface area (Å²) in [5.41, 5.74) is -1.49. The van der Waals surface area contributed by atoms with E-state index in [0.717, 1.165) is 6.07 Å². The van der Waals surface area contributed by atoms with Crippen LogP contribution < -0.4 is 10.6 Å². The van der Waals surface area contributed by atoms with Crippen LogP contribution in [0.5, 0.6) is 0 Å². The van der Waals surface area contributed by atoms with Crippen molar-refractivity contribution in [3.8, 4) is 0 Å². The van der Waals surface area contributed by atoms with Crippen molar-refractivity contribution in [2.45, 2.75) is 12.5 Å². The second-order valence-electron chi connectivity index (χ2n) is 4.66. The van der Waals surface area contributed by atoms with Gasteiger partial charge < -0.3 is 15.7 Å². The maximum Gasteiger partial charge on any atom is 0.319 e. The molecule has 0 saturated heterocycles. The van der Waals surface area contributed by atoms with E-state index in [2.05, 4.69) is 10.6 Å². The Balaban J connectivity index is 1.95. The van der Waals surface area contributed by atoms with Gasteiger partial charge in [-0.15, -0.1) is 11.3 Å². The lowest BCUT2D eigenvalue weighted by Crippen LogP contribution is -2.40. The van der Waals surface area contributed by atoms with Crippen LogP contribution in [-0.2, 0) is 5.60 Å². The van der Waals surface area contributed by atoms with Gasteiger partial charge in [0.05, 0.1) is 12.2 Å². The number of nitrogens with one attached hydrogen (secondary N) is 2. The summed E-state index contributed by atoms with van der Waals surface area (Å²) in [6, 6.07) is 6.30. The number of hydrogen-bond acceptors (Lipinski definition) is 3. The van der Waals surface area contributed by atoms with Crippen molar-refractivity contribution in [1.29, 1.82) is 0 Å². The van der Waals surface area contributed by atoms with Crippen molar-refractivity contribution in [1.82, 2.24) is 5.32 Å². The molecule has 0 spiro atoms. The molecule has 4 nitrogen and oxygen atoms in total. The number of anilines is 1. The number of carbonyl (C=O) groups is 1. The molecule has 0 saturated carbocycles. The fourth-order valence-electron chi connectivity index (χ4n) is 1.69. The normalized spacial score (nSPS) is 13.5. The van der Waals surface area contributed by atoms with Gasteiger partial charge in [-0.3, -0.25) is 0 Å². The number of amides is 2. The van der Waals surface area contributed by atoms with E-state index >= 15 is 0 Å². The molecule has 2 rings (SSSR count). The minimum atomic E-state index is -1.23. The highest BCUT2D eigenvalue weighted by molar-refractivity contribution is 7.10. The molecule has 0 radical (unpaired) electrons. The van der Waals surface area contributed by atoms with Crippen LogP contribution in [0.3, 0.4) is 0 Å². The average molecular weight is 312 g/mol. The van der Waals surface area contributed by atoms with Crippen molar-refractivity contribution < 1.29 is 18.7 Å². The number of urea groups is 1. The van der Waals surface area contributed by atoms with Crippen molar-refractivity contribution in [3.05, 3.63) is 52.2 Å². The highest BCUT2D eigenvalue weighted by Gasteiger charge is 2.25. The number of benzene rings is 1. The molecule has 2 amide bonds. The minimum absolute atomic E-state index is 0.0592. The molecule has 0 bridgehead atoms. The molecule has 7 heteroatoms. The minimum Gasteiger partial charge on any atom is -0.383 e. The van der Waals surface area contributed by atoms with E-state index in [0.29, 0.717) is 4.88 Å². The Hall–Kier alpha value is -1.99. The molecule has 1 heterocycles. The van der Waals surface area contributed by atoms with Gasteiger partial charge in [0, 0.05) is 4.88 Å². The van der Waals surface area contributed by atoms with E-state index in [1.165, 1.54) is 23.5 Å². The van der Waals surface area contributed by atoms with Crippen LogP contribution in [0, 0.1) is 11.6 Å². The first-order valence-corrected chi connectivity index (χ1v) is 7.03. The maximum atomic E-state index is 13.4. The van der Waals surface area contributed by atoms with Crippen LogP contribution in [-0.4, -0.2) is 17.7 Å². The summed E-state index contributed by atoms with van der Waals surface area (Å²) in [5, 5.41) is 16.7. The number of aliphatic hydroxyl groups is 1. The number of thiophene rings is 1. The smallest absolute Gasteiger partial charge is 0.319 e. The first-order valence-electron chi connectivity index (χ1n) is 6.15. The van der Waals surface area contributed by atoms with Gasteiger partial charge in [0.25, 0.3) is 0 Å². The Bertz CT molecular complexity index is 630. The molecule has 0 aliphatic rings. The molecule has 2 aromatic rings. The van der Waals surface area contributed by atoms with Crippen LogP contribution in [0.4, 0.5) is 19.3 Å². The second kappa shape index (κ2) is 6.19. The number of rotatable bonds is 4. The fraction of sp³-hybridized carbons (Fsp3) is 0.214. The molecule has 3 N–H and O–H groups in total. The summed E-state index contributed by atoms with van der Waals surface area (Å²) in [6.45, 7) is 1.50. The standard InChI is InChI=1S/C14H14F2N2O2S/c1-14(20,11-6-3-7-21-11)8-17-13(19)18-10-5-2-4-9(15)12(10)16/h2-7,20H,8H2,1H3,(H2,17,18,19). The molecule has 0 aliphatic carbocycles. The number of hydrogen-bond donors (Lipinski definition) is 3. The zero-order chi connectivity index (χ0) is 15.5. The second-order valence-corrected chi connectivity index (χ2v) is 5.61. The quantitative estimate of drug-likeness (QED) is 0.812. The Kier molecular flexibility index (Phi) is 4.54. The van der Waals surface area contributed by atoms with Crippen LogP contribution in [0.15, 0.2) is 35.7 Å².